The van der Waals surface area contributed by atoms with Crippen molar-refractivity contribution in [1.82, 2.24) is 4.90 Å². The van der Waals surface area contributed by atoms with Crippen molar-refractivity contribution < 1.29 is 0 Å². The second kappa shape index (κ2) is 21.0. The summed E-state index contributed by atoms with van der Waals surface area (Å²) in [4.78, 5) is 2.67. The predicted molar refractivity (Wildman–Crippen MR) is 112 cm³/mol. The monoisotopic (exact) mass is 338 g/mol. The fourth-order valence-corrected chi connectivity index (χ4v) is 3.50. The summed E-state index contributed by atoms with van der Waals surface area (Å²) in [5.41, 5.74) is 0. The van der Waals surface area contributed by atoms with E-state index in [-0.39, 0.29) is 0 Å². The van der Waals surface area contributed by atoms with Crippen molar-refractivity contribution in [2.75, 3.05) is 19.6 Å². The van der Waals surface area contributed by atoms with E-state index in [1.165, 1.54) is 122 Å². The van der Waals surface area contributed by atoms with Gasteiger partial charge in [-0.05, 0) is 38.9 Å². The van der Waals surface area contributed by atoms with Gasteiger partial charge in [0.25, 0.3) is 0 Å². The normalized spacial score (nSPS) is 11.5. The Morgan fingerprint density at radius 1 is 0.458 bits per heavy atom. The van der Waals surface area contributed by atoms with Gasteiger partial charge in [0, 0.05) is 0 Å². The molecule has 0 aromatic carbocycles. The van der Waals surface area contributed by atoms with Gasteiger partial charge in [0.05, 0.1) is 0 Å². The fourth-order valence-electron chi connectivity index (χ4n) is 3.50. The summed E-state index contributed by atoms with van der Waals surface area (Å²) >= 11 is 0. The molecule has 145 valence electrons. The number of unbranched alkanes of at least 4 members (excludes halogenated alkanes) is 14. The highest BCUT2D eigenvalue weighted by atomic mass is 15.1. The molecule has 1 heteroatoms. The maximum atomic E-state index is 4.06. The average molecular weight is 339 g/mol. The predicted octanol–water partition coefficient (Wildman–Crippen LogP) is 7.79. The van der Waals surface area contributed by atoms with Crippen LogP contribution in [0.3, 0.4) is 0 Å². The van der Waals surface area contributed by atoms with Crippen molar-refractivity contribution in [3.63, 3.8) is 0 Å². The Hall–Kier alpha value is -0.0400. The van der Waals surface area contributed by atoms with Crippen LogP contribution in [0.25, 0.3) is 0 Å². The van der Waals surface area contributed by atoms with Crippen LogP contribution in [0.15, 0.2) is 0 Å². The summed E-state index contributed by atoms with van der Waals surface area (Å²) in [6.07, 6.45) is 23.9. The molecule has 1 radical (unpaired) electrons. The summed E-state index contributed by atoms with van der Waals surface area (Å²) in [5.74, 6) is 0. The van der Waals surface area contributed by atoms with Crippen molar-refractivity contribution in [2.45, 2.75) is 123 Å². The first kappa shape index (κ1) is 24.0. The van der Waals surface area contributed by atoms with Crippen LogP contribution in [-0.4, -0.2) is 24.5 Å². The third-order valence-corrected chi connectivity index (χ3v) is 5.13. The molecule has 0 N–H and O–H groups in total. The number of rotatable bonds is 20. The van der Waals surface area contributed by atoms with E-state index in [1.54, 1.807) is 0 Å². The van der Waals surface area contributed by atoms with Crippen LogP contribution in [-0.2, 0) is 0 Å². The molecule has 0 aliphatic rings. The zero-order valence-electron chi connectivity index (χ0n) is 17.3. The highest BCUT2D eigenvalue weighted by Gasteiger charge is 2.03. The van der Waals surface area contributed by atoms with Crippen LogP contribution in [0.4, 0.5) is 0 Å². The minimum absolute atomic E-state index is 1.06. The molecular weight excluding hydrogens is 290 g/mol. The molecule has 0 rings (SSSR count). The third kappa shape index (κ3) is 18.3. The lowest BCUT2D eigenvalue weighted by molar-refractivity contribution is 0.264. The van der Waals surface area contributed by atoms with Crippen LogP contribution in [0, 0.1) is 6.92 Å². The maximum Gasteiger partial charge on any atom is -0.00187 e. The first-order valence-corrected chi connectivity index (χ1v) is 11.4. The molecule has 0 aliphatic carbocycles. The van der Waals surface area contributed by atoms with Gasteiger partial charge in [0.1, 0.15) is 0 Å². The van der Waals surface area contributed by atoms with Crippen LogP contribution >= 0.6 is 0 Å². The summed E-state index contributed by atoms with van der Waals surface area (Å²) in [5, 5.41) is 0. The smallest absolute Gasteiger partial charge is 0.00187 e. The van der Waals surface area contributed by atoms with Gasteiger partial charge < -0.3 is 4.90 Å². The van der Waals surface area contributed by atoms with Crippen molar-refractivity contribution >= 4 is 0 Å². The molecule has 0 bridgehead atoms. The highest BCUT2D eigenvalue weighted by Crippen LogP contribution is 2.11. The first-order chi connectivity index (χ1) is 11.8. The molecular formula is C23H48N. The van der Waals surface area contributed by atoms with E-state index < -0.39 is 0 Å². The van der Waals surface area contributed by atoms with Crippen LogP contribution in [0.1, 0.15) is 123 Å². The summed E-state index contributed by atoms with van der Waals surface area (Å²) < 4.78 is 0. The van der Waals surface area contributed by atoms with E-state index in [4.69, 9.17) is 0 Å². The van der Waals surface area contributed by atoms with Crippen molar-refractivity contribution in [2.24, 2.45) is 0 Å². The minimum atomic E-state index is 1.06. The van der Waals surface area contributed by atoms with Crippen molar-refractivity contribution in [3.05, 3.63) is 6.92 Å². The Morgan fingerprint density at radius 2 is 0.792 bits per heavy atom. The summed E-state index contributed by atoms with van der Waals surface area (Å²) in [7, 11) is 0. The molecule has 0 aromatic rings. The Labute approximate surface area is 155 Å². The van der Waals surface area contributed by atoms with Crippen LogP contribution in [0.2, 0.25) is 0 Å². The lowest BCUT2D eigenvalue weighted by Crippen LogP contribution is -2.27. The fraction of sp³-hybridized carbons (Fsp3) is 0.957. The van der Waals surface area contributed by atoms with E-state index in [0.717, 1.165) is 6.42 Å². The van der Waals surface area contributed by atoms with Gasteiger partial charge in [-0.25, -0.2) is 0 Å². The average Bonchev–Trinajstić information content (AvgIpc) is 2.59. The number of nitrogens with zero attached hydrogens (tertiary/aromatic N) is 1. The van der Waals surface area contributed by atoms with Gasteiger partial charge in [-0.1, -0.05) is 111 Å². The lowest BCUT2D eigenvalue weighted by atomic mass is 10.1. The van der Waals surface area contributed by atoms with E-state index in [1.807, 2.05) is 0 Å². The highest BCUT2D eigenvalue weighted by molar-refractivity contribution is 4.60. The molecule has 0 spiro atoms. The maximum absolute atomic E-state index is 4.06. The number of hydrogen-bond acceptors (Lipinski definition) is 1. The van der Waals surface area contributed by atoms with E-state index >= 15 is 0 Å². The minimum Gasteiger partial charge on any atom is -0.303 e. The van der Waals surface area contributed by atoms with E-state index in [9.17, 15) is 0 Å². The van der Waals surface area contributed by atoms with Gasteiger partial charge in [-0.2, -0.15) is 0 Å². The molecule has 1 nitrogen and oxygen atoms in total. The van der Waals surface area contributed by atoms with Crippen LogP contribution < -0.4 is 0 Å². The third-order valence-electron chi connectivity index (χ3n) is 5.13. The largest absolute Gasteiger partial charge is 0.303 e. The molecule has 0 atom stereocenters. The molecule has 24 heavy (non-hydrogen) atoms. The molecule has 0 heterocycles. The lowest BCUT2D eigenvalue weighted by Gasteiger charge is -2.21. The van der Waals surface area contributed by atoms with Gasteiger partial charge in [-0.15, -0.1) is 0 Å². The summed E-state index contributed by atoms with van der Waals surface area (Å²) in [6.45, 7) is 12.5. The second-order valence-electron chi connectivity index (χ2n) is 7.64. The number of hydrogen-bond donors (Lipinski definition) is 0. The Bertz CT molecular complexity index is 194. The SMILES string of the molecule is [CH2]CCN(CCCCCCCCCC)CCCCCCCCCC. The molecule has 0 amide bonds. The van der Waals surface area contributed by atoms with Gasteiger partial charge in [0.2, 0.25) is 0 Å². The Morgan fingerprint density at radius 3 is 1.12 bits per heavy atom. The van der Waals surface area contributed by atoms with Gasteiger partial charge in [-0.3, -0.25) is 0 Å². The molecule has 0 fully saturated rings. The zero-order chi connectivity index (χ0) is 17.7. The standard InChI is InChI=1S/C23H48N/c1-4-7-9-11-13-15-17-19-22-24(21-6-3)23-20-18-16-14-12-10-8-5-2/h3-23H2,1-2H3. The van der Waals surface area contributed by atoms with Gasteiger partial charge in [0.15, 0.2) is 0 Å². The quantitative estimate of drug-likeness (QED) is 0.205. The summed E-state index contributed by atoms with van der Waals surface area (Å²) in [6, 6.07) is 0. The molecule has 0 saturated carbocycles. The van der Waals surface area contributed by atoms with E-state index in [2.05, 4.69) is 25.7 Å². The zero-order valence-corrected chi connectivity index (χ0v) is 17.3. The topological polar surface area (TPSA) is 3.24 Å². The molecule has 0 aromatic heterocycles. The molecule has 0 unspecified atom stereocenters. The Kier molecular flexibility index (Phi) is 21.0. The second-order valence-corrected chi connectivity index (χ2v) is 7.64. The van der Waals surface area contributed by atoms with Crippen LogP contribution in [0.5, 0.6) is 0 Å². The Balaban J connectivity index is 3.43. The van der Waals surface area contributed by atoms with Gasteiger partial charge >= 0.3 is 0 Å². The van der Waals surface area contributed by atoms with Crippen molar-refractivity contribution in [3.8, 4) is 0 Å². The van der Waals surface area contributed by atoms with E-state index in [0.29, 0.717) is 0 Å². The van der Waals surface area contributed by atoms with Crippen molar-refractivity contribution in [1.29, 1.82) is 0 Å². The first-order valence-electron chi connectivity index (χ1n) is 11.4. The molecule has 0 saturated heterocycles. The molecule has 0 aliphatic heterocycles.